The van der Waals surface area contributed by atoms with Crippen LogP contribution in [0.5, 0.6) is 0 Å². The first kappa shape index (κ1) is 13.0. The van der Waals surface area contributed by atoms with Crippen LogP contribution in [0.15, 0.2) is 24.3 Å². The summed E-state index contributed by atoms with van der Waals surface area (Å²) in [6.45, 7) is 0. The Balaban J connectivity index is 2.14. The Morgan fingerprint density at radius 3 is 2.53 bits per heavy atom. The van der Waals surface area contributed by atoms with Gasteiger partial charge in [-0.05, 0) is 30.7 Å². The van der Waals surface area contributed by atoms with Crippen LogP contribution in [0, 0.1) is 5.82 Å². The number of hydrogen-bond donors (Lipinski definition) is 2. The van der Waals surface area contributed by atoms with Crippen molar-refractivity contribution in [1.29, 1.82) is 0 Å². The van der Waals surface area contributed by atoms with E-state index in [4.69, 9.17) is 5.11 Å². The first-order valence-corrected chi connectivity index (χ1v) is 5.61. The largest absolute Gasteiger partial charge is 0.481 e. The monoisotopic (exact) mass is 266 g/mol. The number of nitrogens with zero attached hydrogens (tertiary/aromatic N) is 1. The van der Waals surface area contributed by atoms with E-state index in [1.165, 1.54) is 12.1 Å². The van der Waals surface area contributed by atoms with E-state index in [9.17, 15) is 18.8 Å². The van der Waals surface area contributed by atoms with Gasteiger partial charge in [-0.1, -0.05) is 0 Å². The molecule has 100 valence electrons. The van der Waals surface area contributed by atoms with Gasteiger partial charge in [-0.2, -0.15) is 0 Å². The number of carboxylic acids is 1. The Hall–Kier alpha value is -2.44. The molecule has 3 amide bonds. The highest BCUT2D eigenvalue weighted by Gasteiger charge is 2.38. The van der Waals surface area contributed by atoms with Gasteiger partial charge in [0.25, 0.3) is 5.91 Å². The number of nitrogens with one attached hydrogen (secondary N) is 1. The fourth-order valence-corrected chi connectivity index (χ4v) is 1.83. The normalized spacial score (nSPS) is 18.6. The summed E-state index contributed by atoms with van der Waals surface area (Å²) in [5, 5.41) is 11.0. The number of amides is 3. The van der Waals surface area contributed by atoms with Crippen molar-refractivity contribution in [3.8, 4) is 0 Å². The molecule has 0 saturated carbocycles. The number of aliphatic carboxylic acids is 1. The van der Waals surface area contributed by atoms with Crippen molar-refractivity contribution in [3.63, 3.8) is 0 Å². The molecule has 1 fully saturated rings. The van der Waals surface area contributed by atoms with E-state index in [2.05, 4.69) is 5.32 Å². The molecule has 0 aromatic heterocycles. The highest BCUT2D eigenvalue weighted by atomic mass is 19.1. The summed E-state index contributed by atoms with van der Waals surface area (Å²) in [5.41, 5.74) is 0.252. The molecule has 19 heavy (non-hydrogen) atoms. The molecule has 1 heterocycles. The molecule has 1 aliphatic rings. The predicted octanol–water partition coefficient (Wildman–Crippen LogP) is 1.12. The lowest BCUT2D eigenvalue weighted by Gasteiger charge is -2.12. The Morgan fingerprint density at radius 2 is 1.95 bits per heavy atom. The molecule has 6 nitrogen and oxygen atoms in total. The molecule has 2 N–H and O–H groups in total. The Labute approximate surface area is 107 Å². The van der Waals surface area contributed by atoms with Crippen LogP contribution in [0.3, 0.4) is 0 Å². The topological polar surface area (TPSA) is 86.7 Å². The van der Waals surface area contributed by atoms with Crippen LogP contribution < -0.4 is 10.2 Å². The molecule has 1 aliphatic heterocycles. The van der Waals surface area contributed by atoms with E-state index in [-0.39, 0.29) is 18.5 Å². The summed E-state index contributed by atoms with van der Waals surface area (Å²) in [5.74, 6) is -2.04. The van der Waals surface area contributed by atoms with E-state index in [0.29, 0.717) is 0 Å². The third-order valence-corrected chi connectivity index (χ3v) is 2.75. The SMILES string of the molecule is O=C(O)CCC1NC(=O)N(c2ccc(F)cc2)C1=O. The number of imide groups is 1. The van der Waals surface area contributed by atoms with Crippen molar-refractivity contribution in [2.75, 3.05) is 4.90 Å². The second-order valence-electron chi connectivity index (χ2n) is 4.08. The van der Waals surface area contributed by atoms with Gasteiger partial charge in [-0.3, -0.25) is 9.59 Å². The number of carbonyl (C=O) groups is 3. The van der Waals surface area contributed by atoms with Gasteiger partial charge in [0.1, 0.15) is 11.9 Å². The molecule has 0 aliphatic carbocycles. The van der Waals surface area contributed by atoms with E-state index in [1.807, 2.05) is 0 Å². The molecule has 1 aromatic carbocycles. The standard InChI is InChI=1S/C12H11FN2O4/c13-7-1-3-8(4-2-7)15-11(18)9(14-12(15)19)5-6-10(16)17/h1-4,9H,5-6H2,(H,14,19)(H,16,17). The number of benzene rings is 1. The summed E-state index contributed by atoms with van der Waals surface area (Å²) >= 11 is 0. The zero-order chi connectivity index (χ0) is 14.0. The van der Waals surface area contributed by atoms with Gasteiger partial charge < -0.3 is 10.4 Å². The number of rotatable bonds is 4. The van der Waals surface area contributed by atoms with Gasteiger partial charge in [0, 0.05) is 6.42 Å². The maximum absolute atomic E-state index is 12.8. The van der Waals surface area contributed by atoms with Crippen molar-refractivity contribution in [1.82, 2.24) is 5.32 Å². The number of urea groups is 1. The molecule has 7 heteroatoms. The summed E-state index contributed by atoms with van der Waals surface area (Å²) in [4.78, 5) is 35.0. The lowest BCUT2D eigenvalue weighted by atomic mass is 10.1. The van der Waals surface area contributed by atoms with E-state index in [0.717, 1.165) is 17.0 Å². The summed E-state index contributed by atoms with van der Waals surface area (Å²) in [6, 6.07) is 3.42. The van der Waals surface area contributed by atoms with Crippen LogP contribution in [-0.2, 0) is 9.59 Å². The number of carbonyl (C=O) groups excluding carboxylic acids is 2. The number of halogens is 1. The number of anilines is 1. The zero-order valence-electron chi connectivity index (χ0n) is 9.80. The Morgan fingerprint density at radius 1 is 1.32 bits per heavy atom. The van der Waals surface area contributed by atoms with Crippen LogP contribution in [0.2, 0.25) is 0 Å². The zero-order valence-corrected chi connectivity index (χ0v) is 9.80. The molecule has 1 aromatic rings. The average molecular weight is 266 g/mol. The van der Waals surface area contributed by atoms with Gasteiger partial charge in [-0.15, -0.1) is 0 Å². The van der Waals surface area contributed by atoms with Gasteiger partial charge in [0.15, 0.2) is 0 Å². The fourth-order valence-electron chi connectivity index (χ4n) is 1.83. The van der Waals surface area contributed by atoms with Crippen molar-refractivity contribution in [3.05, 3.63) is 30.1 Å². The van der Waals surface area contributed by atoms with E-state index < -0.39 is 29.8 Å². The summed E-state index contributed by atoms with van der Waals surface area (Å²) in [6.07, 6.45) is -0.189. The molecule has 0 bridgehead atoms. The predicted molar refractivity (Wildman–Crippen MR) is 63.1 cm³/mol. The number of carboxylic acid groups (broad SMARTS) is 1. The molecule has 1 unspecified atom stereocenters. The highest BCUT2D eigenvalue weighted by Crippen LogP contribution is 2.21. The van der Waals surface area contributed by atoms with Crippen molar-refractivity contribution < 1.29 is 23.9 Å². The summed E-state index contributed by atoms with van der Waals surface area (Å²) < 4.78 is 12.8. The molecular formula is C12H11FN2O4. The smallest absolute Gasteiger partial charge is 0.329 e. The maximum atomic E-state index is 12.8. The molecule has 1 saturated heterocycles. The second-order valence-corrected chi connectivity index (χ2v) is 4.08. The third kappa shape index (κ3) is 2.70. The molecule has 0 radical (unpaired) electrons. The van der Waals surface area contributed by atoms with Gasteiger partial charge >= 0.3 is 12.0 Å². The van der Waals surface area contributed by atoms with Crippen LogP contribution in [0.1, 0.15) is 12.8 Å². The molecular weight excluding hydrogens is 255 g/mol. The lowest BCUT2D eigenvalue weighted by molar-refractivity contribution is -0.137. The van der Waals surface area contributed by atoms with E-state index >= 15 is 0 Å². The first-order chi connectivity index (χ1) is 8.99. The Bertz CT molecular complexity index is 529. The minimum atomic E-state index is -1.04. The molecule has 1 atom stereocenters. The summed E-state index contributed by atoms with van der Waals surface area (Å²) in [7, 11) is 0. The first-order valence-electron chi connectivity index (χ1n) is 5.61. The lowest BCUT2D eigenvalue weighted by Crippen LogP contribution is -2.31. The second kappa shape index (κ2) is 5.05. The molecule has 0 spiro atoms. The third-order valence-electron chi connectivity index (χ3n) is 2.75. The maximum Gasteiger partial charge on any atom is 0.329 e. The quantitative estimate of drug-likeness (QED) is 0.799. The van der Waals surface area contributed by atoms with Crippen LogP contribution in [0.25, 0.3) is 0 Å². The van der Waals surface area contributed by atoms with Crippen LogP contribution in [-0.4, -0.2) is 29.1 Å². The highest BCUT2D eigenvalue weighted by molar-refractivity contribution is 6.21. The van der Waals surface area contributed by atoms with Crippen molar-refractivity contribution >= 4 is 23.6 Å². The van der Waals surface area contributed by atoms with Crippen LogP contribution >= 0.6 is 0 Å². The molecule has 2 rings (SSSR count). The average Bonchev–Trinajstić information content (AvgIpc) is 2.63. The Kier molecular flexibility index (Phi) is 3.46. The van der Waals surface area contributed by atoms with Crippen molar-refractivity contribution in [2.45, 2.75) is 18.9 Å². The van der Waals surface area contributed by atoms with Gasteiger partial charge in [-0.25, -0.2) is 14.1 Å². The fraction of sp³-hybridized carbons (Fsp3) is 0.250. The van der Waals surface area contributed by atoms with Gasteiger partial charge in [0.05, 0.1) is 5.69 Å². The minimum Gasteiger partial charge on any atom is -0.481 e. The number of hydrogen-bond acceptors (Lipinski definition) is 3. The minimum absolute atomic E-state index is 0.0254. The van der Waals surface area contributed by atoms with Crippen molar-refractivity contribution in [2.24, 2.45) is 0 Å². The van der Waals surface area contributed by atoms with E-state index in [1.54, 1.807) is 0 Å². The van der Waals surface area contributed by atoms with Gasteiger partial charge in [0.2, 0.25) is 0 Å². The van der Waals surface area contributed by atoms with Crippen LogP contribution in [0.4, 0.5) is 14.9 Å².